The first kappa shape index (κ1) is 30.5. The number of carbonyl (C=O) groups excluding carboxylic acids is 1. The van der Waals surface area contributed by atoms with E-state index in [4.69, 9.17) is 4.74 Å². The summed E-state index contributed by atoms with van der Waals surface area (Å²) < 4.78 is 34.4. The number of hydrogen-bond donors (Lipinski definition) is 0. The quantitative estimate of drug-likeness (QED) is 0.239. The Morgan fingerprint density at radius 2 is 1.37 bits per heavy atom. The van der Waals surface area contributed by atoms with Crippen molar-refractivity contribution in [1.29, 1.82) is 0 Å². The van der Waals surface area contributed by atoms with Gasteiger partial charge in [-0.2, -0.15) is 4.31 Å². The van der Waals surface area contributed by atoms with E-state index in [1.807, 2.05) is 49.4 Å². The largest absolute Gasteiger partial charge is 0.496 e. The molecular weight excluding hydrogens is 558 g/mol. The van der Waals surface area contributed by atoms with Crippen LogP contribution in [0.25, 0.3) is 0 Å². The highest BCUT2D eigenvalue weighted by Crippen LogP contribution is 2.30. The van der Waals surface area contributed by atoms with Gasteiger partial charge in [0.05, 0.1) is 24.6 Å². The minimum atomic E-state index is -3.93. The Morgan fingerprint density at radius 1 is 0.814 bits per heavy atom. The van der Waals surface area contributed by atoms with Crippen LogP contribution in [-0.2, 0) is 21.2 Å². The van der Waals surface area contributed by atoms with Gasteiger partial charge in [0.2, 0.25) is 15.9 Å². The number of piperazine rings is 1. The van der Waals surface area contributed by atoms with Crippen LogP contribution in [0.2, 0.25) is 0 Å². The van der Waals surface area contributed by atoms with Crippen molar-refractivity contribution in [3.63, 3.8) is 0 Å². The van der Waals surface area contributed by atoms with Gasteiger partial charge in [0, 0.05) is 32.7 Å². The molecule has 43 heavy (non-hydrogen) atoms. The molecule has 0 N–H and O–H groups in total. The first-order valence-corrected chi connectivity index (χ1v) is 16.1. The summed E-state index contributed by atoms with van der Waals surface area (Å²) in [6, 6.07) is 35.5. The van der Waals surface area contributed by atoms with Gasteiger partial charge in [-0.25, -0.2) is 8.42 Å². The fourth-order valence-corrected chi connectivity index (χ4v) is 7.18. The molecule has 0 spiro atoms. The number of nitrogens with zero attached hydrogens (tertiary/aromatic N) is 3. The van der Waals surface area contributed by atoms with Crippen LogP contribution < -0.4 is 4.74 Å². The molecule has 7 nitrogen and oxygen atoms in total. The predicted molar refractivity (Wildman–Crippen MR) is 170 cm³/mol. The average Bonchev–Trinajstić information content (AvgIpc) is 3.04. The van der Waals surface area contributed by atoms with Gasteiger partial charge in [0.1, 0.15) is 5.75 Å². The van der Waals surface area contributed by atoms with Crippen molar-refractivity contribution < 1.29 is 17.9 Å². The zero-order chi connectivity index (χ0) is 30.2. The summed E-state index contributed by atoms with van der Waals surface area (Å²) in [6.07, 6.45) is 0.506. The van der Waals surface area contributed by atoms with Crippen molar-refractivity contribution in [1.82, 2.24) is 14.1 Å². The molecular formula is C35H39N3O4S. The van der Waals surface area contributed by atoms with Gasteiger partial charge in [0.25, 0.3) is 0 Å². The molecule has 8 heteroatoms. The minimum Gasteiger partial charge on any atom is -0.496 e. The van der Waals surface area contributed by atoms with E-state index in [1.54, 1.807) is 30.2 Å². The average molecular weight is 598 g/mol. The topological polar surface area (TPSA) is 70.2 Å². The number of methoxy groups -OCH3 is 1. The van der Waals surface area contributed by atoms with E-state index in [-0.39, 0.29) is 29.9 Å². The van der Waals surface area contributed by atoms with Crippen molar-refractivity contribution in [2.75, 3.05) is 46.4 Å². The van der Waals surface area contributed by atoms with Crippen LogP contribution >= 0.6 is 0 Å². The molecule has 0 bridgehead atoms. The number of amides is 1. The molecule has 1 amide bonds. The number of benzene rings is 4. The number of ether oxygens (including phenoxy) is 1. The second kappa shape index (κ2) is 14.0. The molecule has 1 fully saturated rings. The third-order valence-electron chi connectivity index (χ3n) is 8.07. The van der Waals surface area contributed by atoms with Crippen LogP contribution in [0.15, 0.2) is 114 Å². The molecule has 0 atom stereocenters. The summed E-state index contributed by atoms with van der Waals surface area (Å²) in [6.45, 7) is 4.25. The van der Waals surface area contributed by atoms with Crippen molar-refractivity contribution in [2.24, 2.45) is 0 Å². The van der Waals surface area contributed by atoms with Crippen molar-refractivity contribution >= 4 is 15.9 Å². The van der Waals surface area contributed by atoms with Gasteiger partial charge < -0.3 is 9.64 Å². The van der Waals surface area contributed by atoms with E-state index in [2.05, 4.69) is 53.4 Å². The Labute approximate surface area is 255 Å². The van der Waals surface area contributed by atoms with Crippen molar-refractivity contribution in [3.8, 4) is 5.75 Å². The number of sulfonamides is 1. The highest BCUT2D eigenvalue weighted by molar-refractivity contribution is 7.89. The van der Waals surface area contributed by atoms with Crippen LogP contribution in [0, 0.1) is 6.92 Å². The van der Waals surface area contributed by atoms with Crippen LogP contribution in [0.5, 0.6) is 5.75 Å². The molecule has 5 rings (SSSR count). The van der Waals surface area contributed by atoms with E-state index in [9.17, 15) is 13.2 Å². The molecule has 0 aliphatic carbocycles. The molecule has 0 unspecified atom stereocenters. The van der Waals surface area contributed by atoms with E-state index in [0.717, 1.165) is 11.1 Å². The number of aryl methyl sites for hydroxylation is 1. The van der Waals surface area contributed by atoms with Gasteiger partial charge in [-0.05, 0) is 53.8 Å². The first-order chi connectivity index (χ1) is 20.9. The fourth-order valence-electron chi connectivity index (χ4n) is 5.71. The zero-order valence-electron chi connectivity index (χ0n) is 24.8. The molecule has 224 valence electrons. The molecule has 4 aromatic carbocycles. The van der Waals surface area contributed by atoms with Crippen LogP contribution in [0.4, 0.5) is 0 Å². The monoisotopic (exact) mass is 597 g/mol. The smallest absolute Gasteiger partial charge is 0.243 e. The van der Waals surface area contributed by atoms with Crippen LogP contribution in [0.1, 0.15) is 28.3 Å². The van der Waals surface area contributed by atoms with E-state index >= 15 is 0 Å². The minimum absolute atomic E-state index is 0.0840. The number of carbonyl (C=O) groups is 1. The Morgan fingerprint density at radius 3 is 1.91 bits per heavy atom. The maximum Gasteiger partial charge on any atom is 0.243 e. The Hall–Kier alpha value is -3.98. The van der Waals surface area contributed by atoms with Crippen LogP contribution in [0.3, 0.4) is 0 Å². The Bertz CT molecular complexity index is 1550. The third-order valence-corrected chi connectivity index (χ3v) is 9.91. The van der Waals surface area contributed by atoms with Gasteiger partial charge in [-0.1, -0.05) is 91.0 Å². The molecule has 1 saturated heterocycles. The molecule has 1 aliphatic heterocycles. The SMILES string of the molecule is COc1ccc(S(=O)(=O)N(CCc2ccccc2)CC(=O)N2CCN(C(c3ccccc3)c3ccccc3)CC2)cc1C. The summed E-state index contributed by atoms with van der Waals surface area (Å²) in [5, 5.41) is 0. The summed E-state index contributed by atoms with van der Waals surface area (Å²) in [5.74, 6) is 0.436. The van der Waals surface area contributed by atoms with Crippen molar-refractivity contribution in [3.05, 3.63) is 131 Å². The highest BCUT2D eigenvalue weighted by Gasteiger charge is 2.32. The van der Waals surface area contributed by atoms with Crippen LogP contribution in [-0.4, -0.2) is 74.8 Å². The van der Waals surface area contributed by atoms with Gasteiger partial charge in [-0.15, -0.1) is 0 Å². The number of rotatable bonds is 11. The fraction of sp³-hybridized carbons (Fsp3) is 0.286. The van der Waals surface area contributed by atoms with Gasteiger partial charge in [-0.3, -0.25) is 9.69 Å². The molecule has 1 heterocycles. The van der Waals surface area contributed by atoms with Gasteiger partial charge in [0.15, 0.2) is 0 Å². The van der Waals surface area contributed by atoms with Gasteiger partial charge >= 0.3 is 0 Å². The molecule has 0 radical (unpaired) electrons. The summed E-state index contributed by atoms with van der Waals surface area (Å²) in [4.78, 5) is 18.0. The summed E-state index contributed by atoms with van der Waals surface area (Å²) >= 11 is 0. The first-order valence-electron chi connectivity index (χ1n) is 14.7. The maximum absolute atomic E-state index is 13.9. The zero-order valence-corrected chi connectivity index (χ0v) is 25.6. The maximum atomic E-state index is 13.9. The lowest BCUT2D eigenvalue weighted by Crippen LogP contribution is -2.52. The second-order valence-electron chi connectivity index (χ2n) is 10.8. The standard InChI is InChI=1S/C35H39N3O4S/c1-28-26-32(18-19-33(28)42-2)43(40,41)38(21-20-29-12-6-3-7-13-29)27-34(39)36-22-24-37(25-23-36)35(30-14-8-4-9-15-30)31-16-10-5-11-17-31/h3-19,26,35H,20-25,27H2,1-2H3. The predicted octanol–water partition coefficient (Wildman–Crippen LogP) is 5.17. The normalized spacial score (nSPS) is 14.3. The Balaban J connectivity index is 1.32. The third kappa shape index (κ3) is 7.33. The lowest BCUT2D eigenvalue weighted by Gasteiger charge is -2.40. The molecule has 0 aromatic heterocycles. The molecule has 1 aliphatic rings. The molecule has 4 aromatic rings. The number of hydrogen-bond acceptors (Lipinski definition) is 5. The lowest BCUT2D eigenvalue weighted by atomic mass is 9.96. The molecule has 0 saturated carbocycles. The summed E-state index contributed by atoms with van der Waals surface area (Å²) in [7, 11) is -2.37. The summed E-state index contributed by atoms with van der Waals surface area (Å²) in [5.41, 5.74) is 4.16. The Kier molecular flexibility index (Phi) is 9.92. The van der Waals surface area contributed by atoms with Crippen molar-refractivity contribution in [2.45, 2.75) is 24.3 Å². The highest BCUT2D eigenvalue weighted by atomic mass is 32.2. The van der Waals surface area contributed by atoms with E-state index < -0.39 is 10.0 Å². The second-order valence-corrected chi connectivity index (χ2v) is 12.8. The van der Waals surface area contributed by atoms with E-state index in [0.29, 0.717) is 38.3 Å². The lowest BCUT2D eigenvalue weighted by molar-refractivity contribution is -0.133. The van der Waals surface area contributed by atoms with E-state index in [1.165, 1.54) is 15.4 Å².